The Labute approximate surface area is 117 Å². The van der Waals surface area contributed by atoms with Gasteiger partial charge in [-0.1, -0.05) is 6.42 Å². The number of hydrogen-bond donors (Lipinski definition) is 1. The molecule has 2 rings (SSSR count). The fourth-order valence-electron chi connectivity index (χ4n) is 3.15. The van der Waals surface area contributed by atoms with Crippen LogP contribution in [0.1, 0.15) is 31.7 Å². The van der Waals surface area contributed by atoms with Crippen molar-refractivity contribution in [1.82, 2.24) is 0 Å². The second-order valence-corrected chi connectivity index (χ2v) is 5.32. The van der Waals surface area contributed by atoms with Gasteiger partial charge in [-0.2, -0.15) is 13.2 Å². The third kappa shape index (κ3) is 3.08. The average Bonchev–Trinajstić information content (AvgIpc) is 2.87. The Kier molecular flexibility index (Phi) is 4.58. The number of nitrogens with zero attached hydrogens (tertiary/aromatic N) is 1. The minimum Gasteiger partial charge on any atom is -0.368 e. The molecule has 1 aromatic carbocycles. The van der Waals surface area contributed by atoms with Gasteiger partial charge in [-0.25, -0.2) is 0 Å². The molecule has 2 unspecified atom stereocenters. The molecule has 5 heteroatoms. The first-order valence-electron chi connectivity index (χ1n) is 7.11. The number of rotatable bonds is 4. The van der Waals surface area contributed by atoms with Crippen LogP contribution in [0.5, 0.6) is 0 Å². The van der Waals surface area contributed by atoms with Crippen LogP contribution in [0.15, 0.2) is 24.3 Å². The van der Waals surface area contributed by atoms with Gasteiger partial charge in [-0.05, 0) is 56.5 Å². The van der Waals surface area contributed by atoms with Gasteiger partial charge in [0.1, 0.15) is 0 Å². The molecule has 2 nitrogen and oxygen atoms in total. The maximum absolute atomic E-state index is 12.6. The van der Waals surface area contributed by atoms with Crippen molar-refractivity contribution in [2.45, 2.75) is 38.4 Å². The van der Waals surface area contributed by atoms with E-state index in [4.69, 9.17) is 5.73 Å². The first-order valence-corrected chi connectivity index (χ1v) is 7.11. The summed E-state index contributed by atoms with van der Waals surface area (Å²) in [7, 11) is 0. The third-order valence-corrected chi connectivity index (χ3v) is 4.19. The van der Waals surface area contributed by atoms with Gasteiger partial charge in [-0.15, -0.1) is 0 Å². The summed E-state index contributed by atoms with van der Waals surface area (Å²) in [5, 5.41) is 0. The van der Waals surface area contributed by atoms with Crippen LogP contribution < -0.4 is 10.6 Å². The summed E-state index contributed by atoms with van der Waals surface area (Å²) in [5.41, 5.74) is 6.06. The van der Waals surface area contributed by atoms with Crippen molar-refractivity contribution < 1.29 is 13.2 Å². The van der Waals surface area contributed by atoms with E-state index in [-0.39, 0.29) is 0 Å². The smallest absolute Gasteiger partial charge is 0.368 e. The van der Waals surface area contributed by atoms with Crippen LogP contribution in [0, 0.1) is 5.92 Å². The number of anilines is 1. The van der Waals surface area contributed by atoms with Crippen molar-refractivity contribution in [3.8, 4) is 0 Å². The first-order chi connectivity index (χ1) is 9.47. The van der Waals surface area contributed by atoms with E-state index in [1.807, 2.05) is 6.92 Å². The number of nitrogens with two attached hydrogens (primary N) is 1. The fraction of sp³-hybridized carbons (Fsp3) is 0.600. The Morgan fingerprint density at radius 2 is 1.85 bits per heavy atom. The van der Waals surface area contributed by atoms with Crippen molar-refractivity contribution in [1.29, 1.82) is 0 Å². The third-order valence-electron chi connectivity index (χ3n) is 4.19. The fourth-order valence-corrected chi connectivity index (χ4v) is 3.15. The van der Waals surface area contributed by atoms with Crippen molar-refractivity contribution in [2.24, 2.45) is 11.7 Å². The summed E-state index contributed by atoms with van der Waals surface area (Å²) < 4.78 is 37.8. The molecule has 0 saturated heterocycles. The zero-order valence-corrected chi connectivity index (χ0v) is 11.7. The Morgan fingerprint density at radius 1 is 1.20 bits per heavy atom. The summed E-state index contributed by atoms with van der Waals surface area (Å²) in [6.07, 6.45) is -0.957. The van der Waals surface area contributed by atoms with E-state index in [0.29, 0.717) is 18.5 Å². The van der Waals surface area contributed by atoms with Crippen LogP contribution in [0.4, 0.5) is 18.9 Å². The molecule has 112 valence electrons. The predicted molar refractivity (Wildman–Crippen MR) is 74.6 cm³/mol. The molecule has 0 aromatic heterocycles. The second-order valence-electron chi connectivity index (χ2n) is 5.32. The molecule has 20 heavy (non-hydrogen) atoms. The Bertz CT molecular complexity index is 428. The summed E-state index contributed by atoms with van der Waals surface area (Å²) >= 11 is 0. The molecule has 1 saturated carbocycles. The van der Waals surface area contributed by atoms with E-state index in [1.54, 1.807) is 12.1 Å². The normalized spacial score (nSPS) is 23.1. The monoisotopic (exact) mass is 286 g/mol. The highest BCUT2D eigenvalue weighted by atomic mass is 19.4. The molecule has 0 amide bonds. The van der Waals surface area contributed by atoms with Crippen molar-refractivity contribution in [3.63, 3.8) is 0 Å². The Balaban J connectivity index is 2.19. The number of halogens is 3. The summed E-state index contributed by atoms with van der Waals surface area (Å²) in [5.74, 6) is 0.442. The van der Waals surface area contributed by atoms with Gasteiger partial charge in [0.25, 0.3) is 0 Å². The Morgan fingerprint density at radius 3 is 2.35 bits per heavy atom. The average molecular weight is 286 g/mol. The highest BCUT2D eigenvalue weighted by molar-refractivity contribution is 5.49. The van der Waals surface area contributed by atoms with Crippen LogP contribution in [-0.4, -0.2) is 19.1 Å². The molecular weight excluding hydrogens is 265 g/mol. The van der Waals surface area contributed by atoms with Gasteiger partial charge in [-0.3, -0.25) is 0 Å². The molecular formula is C15H21F3N2. The lowest BCUT2D eigenvalue weighted by molar-refractivity contribution is -0.137. The van der Waals surface area contributed by atoms with E-state index >= 15 is 0 Å². The largest absolute Gasteiger partial charge is 0.416 e. The van der Waals surface area contributed by atoms with Gasteiger partial charge in [0.05, 0.1) is 5.56 Å². The summed E-state index contributed by atoms with van der Waals surface area (Å²) in [6, 6.07) is 5.80. The number of benzene rings is 1. The predicted octanol–water partition coefficient (Wildman–Crippen LogP) is 3.66. The van der Waals surface area contributed by atoms with Crippen LogP contribution >= 0.6 is 0 Å². The topological polar surface area (TPSA) is 29.3 Å². The minimum absolute atomic E-state index is 0.349. The molecule has 0 spiro atoms. The zero-order valence-electron chi connectivity index (χ0n) is 11.7. The lowest BCUT2D eigenvalue weighted by Crippen LogP contribution is -2.40. The van der Waals surface area contributed by atoms with Crippen LogP contribution in [-0.2, 0) is 6.18 Å². The highest BCUT2D eigenvalue weighted by Gasteiger charge is 2.32. The molecule has 1 aromatic rings. The summed E-state index contributed by atoms with van der Waals surface area (Å²) in [4.78, 5) is 2.19. The molecule has 1 fully saturated rings. The first kappa shape index (κ1) is 15.2. The van der Waals surface area contributed by atoms with Crippen LogP contribution in [0.3, 0.4) is 0 Å². The SMILES string of the molecule is CCN(c1ccc(C(F)(F)F)cc1)C1CCCC1CN. The van der Waals surface area contributed by atoms with Crippen molar-refractivity contribution in [2.75, 3.05) is 18.0 Å². The van der Waals surface area contributed by atoms with Gasteiger partial charge in [0.2, 0.25) is 0 Å². The van der Waals surface area contributed by atoms with Gasteiger partial charge >= 0.3 is 6.18 Å². The molecule has 0 heterocycles. The molecule has 1 aliphatic carbocycles. The van der Waals surface area contributed by atoms with Gasteiger partial charge in [0, 0.05) is 18.3 Å². The lowest BCUT2D eigenvalue weighted by atomic mass is 10.0. The molecule has 0 bridgehead atoms. The molecule has 2 atom stereocenters. The zero-order chi connectivity index (χ0) is 14.8. The van der Waals surface area contributed by atoms with E-state index in [2.05, 4.69) is 4.90 Å². The second kappa shape index (κ2) is 6.04. The van der Waals surface area contributed by atoms with Crippen molar-refractivity contribution >= 4 is 5.69 Å². The summed E-state index contributed by atoms with van der Waals surface area (Å²) in [6.45, 7) is 3.46. The molecule has 0 radical (unpaired) electrons. The van der Waals surface area contributed by atoms with E-state index in [1.165, 1.54) is 0 Å². The molecule has 1 aliphatic rings. The van der Waals surface area contributed by atoms with E-state index < -0.39 is 11.7 Å². The van der Waals surface area contributed by atoms with E-state index in [0.717, 1.165) is 43.6 Å². The van der Waals surface area contributed by atoms with Gasteiger partial charge < -0.3 is 10.6 Å². The maximum Gasteiger partial charge on any atom is 0.416 e. The number of alkyl halides is 3. The molecule has 0 aliphatic heterocycles. The maximum atomic E-state index is 12.6. The molecule has 2 N–H and O–H groups in total. The number of hydrogen-bond acceptors (Lipinski definition) is 2. The van der Waals surface area contributed by atoms with Crippen molar-refractivity contribution in [3.05, 3.63) is 29.8 Å². The quantitative estimate of drug-likeness (QED) is 0.915. The highest BCUT2D eigenvalue weighted by Crippen LogP contribution is 2.34. The Hall–Kier alpha value is -1.23. The standard InChI is InChI=1S/C15H21F3N2/c1-2-20(14-5-3-4-11(14)10-19)13-8-6-12(7-9-13)15(16,17)18/h6-9,11,14H,2-5,10,19H2,1H3. The van der Waals surface area contributed by atoms with Gasteiger partial charge in [0.15, 0.2) is 0 Å². The lowest BCUT2D eigenvalue weighted by Gasteiger charge is -2.34. The van der Waals surface area contributed by atoms with E-state index in [9.17, 15) is 13.2 Å². The van der Waals surface area contributed by atoms with Crippen LogP contribution in [0.25, 0.3) is 0 Å². The van der Waals surface area contributed by atoms with Crippen LogP contribution in [0.2, 0.25) is 0 Å². The minimum atomic E-state index is -4.28.